The summed E-state index contributed by atoms with van der Waals surface area (Å²) in [5.74, 6) is 1.79. The number of fused-ring (bicyclic) bond motifs is 4. The van der Waals surface area contributed by atoms with Crippen molar-refractivity contribution in [3.8, 4) is 17.2 Å². The van der Waals surface area contributed by atoms with E-state index in [2.05, 4.69) is 11.1 Å². The van der Waals surface area contributed by atoms with Crippen LogP contribution in [0, 0.1) is 0 Å². The Balaban J connectivity index is 1.40. The number of methoxy groups -OCH3 is 3. The Bertz CT molecular complexity index is 1540. The summed E-state index contributed by atoms with van der Waals surface area (Å²) >= 11 is 0. The predicted molar refractivity (Wildman–Crippen MR) is 147 cm³/mol. The molecule has 1 fully saturated rings. The molecule has 4 aromatic rings. The van der Waals surface area contributed by atoms with Crippen molar-refractivity contribution in [1.82, 2.24) is 14.8 Å². The molecule has 0 radical (unpaired) electrons. The van der Waals surface area contributed by atoms with E-state index >= 15 is 0 Å². The predicted octanol–water partition coefficient (Wildman–Crippen LogP) is 4.12. The second-order valence-electron chi connectivity index (χ2n) is 9.93. The smallest absolute Gasteiger partial charge is 0.246 e. The molecule has 6 rings (SSSR count). The third-order valence-corrected chi connectivity index (χ3v) is 7.90. The van der Waals surface area contributed by atoms with Gasteiger partial charge < -0.3 is 29.0 Å². The van der Waals surface area contributed by atoms with E-state index < -0.39 is 12.1 Å². The highest BCUT2D eigenvalue weighted by Crippen LogP contribution is 2.47. The maximum Gasteiger partial charge on any atom is 0.246 e. The molecule has 8 nitrogen and oxygen atoms in total. The number of H-pyrrole nitrogens is 1. The van der Waals surface area contributed by atoms with Gasteiger partial charge in [-0.15, -0.1) is 0 Å². The van der Waals surface area contributed by atoms with Gasteiger partial charge in [0.1, 0.15) is 17.8 Å². The lowest BCUT2D eigenvalue weighted by Gasteiger charge is -2.47. The number of piperazine rings is 1. The van der Waals surface area contributed by atoms with Crippen molar-refractivity contribution in [1.29, 1.82) is 0 Å². The molecule has 1 saturated heterocycles. The summed E-state index contributed by atoms with van der Waals surface area (Å²) < 4.78 is 16.6. The van der Waals surface area contributed by atoms with Crippen LogP contribution in [0.5, 0.6) is 17.2 Å². The summed E-state index contributed by atoms with van der Waals surface area (Å²) in [6.07, 6.45) is 1.10. The zero-order chi connectivity index (χ0) is 27.1. The van der Waals surface area contributed by atoms with Gasteiger partial charge in [-0.2, -0.15) is 0 Å². The van der Waals surface area contributed by atoms with Crippen molar-refractivity contribution >= 4 is 22.7 Å². The van der Waals surface area contributed by atoms with Gasteiger partial charge in [0, 0.05) is 35.1 Å². The van der Waals surface area contributed by atoms with E-state index in [0.717, 1.165) is 39.0 Å². The molecule has 200 valence electrons. The number of carbonyl (C=O) groups excluding carboxylic acids is 2. The van der Waals surface area contributed by atoms with Gasteiger partial charge in [-0.05, 0) is 41.8 Å². The summed E-state index contributed by atoms with van der Waals surface area (Å²) in [5.41, 5.74) is 4.81. The second-order valence-corrected chi connectivity index (χ2v) is 9.93. The number of rotatable bonds is 7. The van der Waals surface area contributed by atoms with Crippen LogP contribution in [0.4, 0.5) is 0 Å². The van der Waals surface area contributed by atoms with Crippen LogP contribution in [0.25, 0.3) is 10.9 Å². The first-order valence-electron chi connectivity index (χ1n) is 13.1. The molecule has 0 bridgehead atoms. The fourth-order valence-corrected chi connectivity index (χ4v) is 6.02. The van der Waals surface area contributed by atoms with E-state index in [9.17, 15) is 9.59 Å². The average Bonchev–Trinajstić information content (AvgIpc) is 3.35. The van der Waals surface area contributed by atoms with Crippen LogP contribution >= 0.6 is 0 Å². The molecule has 2 atom stereocenters. The first kappa shape index (κ1) is 24.9. The van der Waals surface area contributed by atoms with E-state index in [4.69, 9.17) is 14.2 Å². The average molecular weight is 526 g/mol. The highest BCUT2D eigenvalue weighted by molar-refractivity contribution is 5.97. The van der Waals surface area contributed by atoms with E-state index in [1.807, 2.05) is 60.7 Å². The SMILES string of the molecule is COc1ccc(CCN2CC(=O)N3[C@@H](c4cccc(OC)c4OC)c4[nH]c5ccccc5c4C[C@H]3C2=O)cc1. The van der Waals surface area contributed by atoms with Crippen LogP contribution in [0.15, 0.2) is 66.7 Å². The van der Waals surface area contributed by atoms with Gasteiger partial charge in [-0.25, -0.2) is 0 Å². The number of amides is 2. The summed E-state index contributed by atoms with van der Waals surface area (Å²) in [4.78, 5) is 34.9. The van der Waals surface area contributed by atoms with E-state index in [1.54, 1.807) is 31.1 Å². The first-order valence-corrected chi connectivity index (χ1v) is 13.1. The molecule has 39 heavy (non-hydrogen) atoms. The number of aromatic nitrogens is 1. The van der Waals surface area contributed by atoms with Crippen LogP contribution < -0.4 is 14.2 Å². The minimum absolute atomic E-state index is 0.0316. The number of benzene rings is 3. The number of para-hydroxylation sites is 2. The third kappa shape index (κ3) is 4.16. The molecule has 2 amide bonds. The topological polar surface area (TPSA) is 84.1 Å². The number of hydrogen-bond acceptors (Lipinski definition) is 5. The van der Waals surface area contributed by atoms with Crippen molar-refractivity contribution in [2.45, 2.75) is 24.9 Å². The Kier molecular flexibility index (Phi) is 6.38. The lowest BCUT2D eigenvalue weighted by atomic mass is 9.85. The number of carbonyl (C=O) groups is 2. The molecule has 3 heterocycles. The molecule has 1 aromatic heterocycles. The quantitative estimate of drug-likeness (QED) is 0.393. The van der Waals surface area contributed by atoms with Crippen LogP contribution in [0.1, 0.15) is 28.4 Å². The normalized spacial score (nSPS) is 18.6. The molecule has 0 aliphatic carbocycles. The molecular formula is C31H31N3O5. The monoisotopic (exact) mass is 525 g/mol. The van der Waals surface area contributed by atoms with Crippen LogP contribution in [0.3, 0.4) is 0 Å². The Morgan fingerprint density at radius 3 is 2.44 bits per heavy atom. The highest BCUT2D eigenvalue weighted by atomic mass is 16.5. The maximum absolute atomic E-state index is 14.0. The number of aromatic amines is 1. The Morgan fingerprint density at radius 1 is 0.897 bits per heavy atom. The summed E-state index contributed by atoms with van der Waals surface area (Å²) in [5, 5.41) is 1.06. The lowest BCUT2D eigenvalue weighted by Crippen LogP contribution is -2.63. The van der Waals surface area contributed by atoms with Gasteiger partial charge >= 0.3 is 0 Å². The largest absolute Gasteiger partial charge is 0.497 e. The minimum atomic E-state index is -0.616. The molecule has 0 unspecified atom stereocenters. The molecule has 0 spiro atoms. The molecule has 2 aliphatic heterocycles. The summed E-state index contributed by atoms with van der Waals surface area (Å²) in [6, 6.07) is 20.4. The van der Waals surface area contributed by atoms with Gasteiger partial charge in [0.2, 0.25) is 11.8 Å². The second kappa shape index (κ2) is 10.0. The number of nitrogens with one attached hydrogen (secondary N) is 1. The first-order chi connectivity index (χ1) is 19.0. The fourth-order valence-electron chi connectivity index (χ4n) is 6.02. The lowest BCUT2D eigenvalue weighted by molar-refractivity contribution is -0.158. The Morgan fingerprint density at radius 2 is 1.69 bits per heavy atom. The number of nitrogens with zero attached hydrogens (tertiary/aromatic N) is 2. The maximum atomic E-state index is 14.0. The molecule has 0 saturated carbocycles. The van der Waals surface area contributed by atoms with Gasteiger partial charge in [0.05, 0.1) is 27.9 Å². The zero-order valence-electron chi connectivity index (χ0n) is 22.3. The molecule has 1 N–H and O–H groups in total. The van der Waals surface area contributed by atoms with Crippen molar-refractivity contribution in [3.63, 3.8) is 0 Å². The van der Waals surface area contributed by atoms with E-state index in [1.165, 1.54) is 0 Å². The van der Waals surface area contributed by atoms with Crippen molar-refractivity contribution in [2.24, 2.45) is 0 Å². The molecule has 3 aromatic carbocycles. The minimum Gasteiger partial charge on any atom is -0.497 e. The van der Waals surface area contributed by atoms with Gasteiger partial charge in [0.25, 0.3) is 0 Å². The highest BCUT2D eigenvalue weighted by Gasteiger charge is 2.48. The van der Waals surface area contributed by atoms with Gasteiger partial charge in [-0.3, -0.25) is 9.59 Å². The van der Waals surface area contributed by atoms with Gasteiger partial charge in [-0.1, -0.05) is 42.5 Å². The number of ether oxygens (including phenoxy) is 3. The van der Waals surface area contributed by atoms with E-state index in [0.29, 0.717) is 30.9 Å². The number of hydrogen-bond donors (Lipinski definition) is 1. The standard InChI is InChI=1S/C31H31N3O5/c1-37-20-13-11-19(12-14-20)15-16-33-18-27(35)34-25(31(33)36)17-23-21-7-4-5-9-24(21)32-28(23)29(34)22-8-6-10-26(38-2)30(22)39-3/h4-14,25,29,32H,15-18H2,1-3H3/t25-,29-/m0/s1. The summed E-state index contributed by atoms with van der Waals surface area (Å²) in [6.45, 7) is 0.499. The van der Waals surface area contributed by atoms with Crippen molar-refractivity contribution in [2.75, 3.05) is 34.4 Å². The molecular weight excluding hydrogens is 494 g/mol. The van der Waals surface area contributed by atoms with Gasteiger partial charge in [0.15, 0.2) is 11.5 Å². The van der Waals surface area contributed by atoms with Crippen LogP contribution in [-0.2, 0) is 22.4 Å². The Labute approximate surface area is 227 Å². The summed E-state index contributed by atoms with van der Waals surface area (Å²) in [7, 11) is 4.82. The van der Waals surface area contributed by atoms with Crippen LogP contribution in [-0.4, -0.2) is 67.1 Å². The fraction of sp³-hybridized carbons (Fsp3) is 0.290. The van der Waals surface area contributed by atoms with Crippen molar-refractivity contribution in [3.05, 3.63) is 89.1 Å². The molecule has 2 aliphatic rings. The van der Waals surface area contributed by atoms with E-state index in [-0.39, 0.29) is 18.4 Å². The zero-order valence-corrected chi connectivity index (χ0v) is 22.3. The molecule has 8 heteroatoms. The third-order valence-electron chi connectivity index (χ3n) is 7.90. The van der Waals surface area contributed by atoms with Crippen LogP contribution in [0.2, 0.25) is 0 Å². The van der Waals surface area contributed by atoms with Crippen molar-refractivity contribution < 1.29 is 23.8 Å². The Hall–Kier alpha value is -4.46.